The third-order valence-electron chi connectivity index (χ3n) is 4.40. The van der Waals surface area contributed by atoms with Gasteiger partial charge in [-0.1, -0.05) is 5.16 Å². The molecule has 0 aliphatic rings. The van der Waals surface area contributed by atoms with Gasteiger partial charge in [0.2, 0.25) is 11.7 Å². The average molecular weight is 397 g/mol. The molecule has 0 spiro atoms. The Balaban J connectivity index is 1.92. The average Bonchev–Trinajstić information content (AvgIpc) is 3.29. The molecule has 0 aliphatic heterocycles. The molecule has 29 heavy (non-hydrogen) atoms. The summed E-state index contributed by atoms with van der Waals surface area (Å²) >= 11 is 0. The molecule has 0 saturated heterocycles. The Labute approximate surface area is 168 Å². The lowest BCUT2D eigenvalue weighted by molar-refractivity contribution is -0.117. The molecule has 0 saturated carbocycles. The molecule has 0 fully saturated rings. The summed E-state index contributed by atoms with van der Waals surface area (Å²) in [5.74, 6) is 0.120. The Morgan fingerprint density at radius 3 is 2.62 bits per heavy atom. The molecule has 0 bridgehead atoms. The third kappa shape index (κ3) is 3.86. The number of carbonyl (C=O) groups is 2. The van der Waals surface area contributed by atoms with Gasteiger partial charge in [-0.25, -0.2) is 4.98 Å². The minimum absolute atomic E-state index is 0.0870. The molecule has 3 rings (SSSR count). The second kappa shape index (κ2) is 8.21. The Morgan fingerprint density at radius 2 is 2.03 bits per heavy atom. The fourth-order valence-electron chi connectivity index (χ4n) is 3.03. The summed E-state index contributed by atoms with van der Waals surface area (Å²) in [7, 11) is 1.70. The second-order valence-corrected chi connectivity index (χ2v) is 6.67. The van der Waals surface area contributed by atoms with Crippen molar-refractivity contribution < 1.29 is 14.1 Å². The molecule has 10 heteroatoms. The molecule has 3 heterocycles. The van der Waals surface area contributed by atoms with Crippen LogP contribution in [0.2, 0.25) is 0 Å². The Kier molecular flexibility index (Phi) is 5.71. The molecule has 152 valence electrons. The maximum Gasteiger partial charge on any atom is 0.331 e. The standard InChI is InChI=1S/C19H23N7O3/c1-6-25(14-8-7-9-20-10-14)18(28)15-11-21-17(24(15)5)16-22-19(29-23-16)26(12(2)3)13(4)27/h7-12H,6H2,1-5H3. The highest BCUT2D eigenvalue weighted by Crippen LogP contribution is 2.23. The Hall–Kier alpha value is -3.56. The van der Waals surface area contributed by atoms with Crippen LogP contribution in [-0.2, 0) is 11.8 Å². The fraction of sp³-hybridized carbons (Fsp3) is 0.368. The lowest BCUT2D eigenvalue weighted by atomic mass is 10.3. The van der Waals surface area contributed by atoms with Gasteiger partial charge in [0, 0.05) is 32.8 Å². The number of hydrogen-bond donors (Lipinski definition) is 0. The van der Waals surface area contributed by atoms with Crippen LogP contribution in [0.3, 0.4) is 0 Å². The van der Waals surface area contributed by atoms with E-state index in [-0.39, 0.29) is 29.7 Å². The normalized spacial score (nSPS) is 11.0. The molecule has 3 aromatic heterocycles. The molecule has 10 nitrogen and oxygen atoms in total. The van der Waals surface area contributed by atoms with Crippen LogP contribution in [0.1, 0.15) is 38.2 Å². The van der Waals surface area contributed by atoms with E-state index in [0.717, 1.165) is 0 Å². The summed E-state index contributed by atoms with van der Waals surface area (Å²) in [6.07, 6.45) is 4.75. The number of rotatable bonds is 6. The zero-order chi connectivity index (χ0) is 21.1. The van der Waals surface area contributed by atoms with Gasteiger partial charge in [-0.3, -0.25) is 19.5 Å². The fourth-order valence-corrected chi connectivity index (χ4v) is 3.03. The van der Waals surface area contributed by atoms with Gasteiger partial charge in [0.05, 0.1) is 18.1 Å². The number of imidazole rings is 1. The van der Waals surface area contributed by atoms with E-state index in [1.54, 1.807) is 35.0 Å². The number of aromatic nitrogens is 5. The van der Waals surface area contributed by atoms with Crippen LogP contribution in [0, 0.1) is 0 Å². The number of carbonyl (C=O) groups excluding carboxylic acids is 2. The number of pyridine rings is 1. The number of hydrogen-bond acceptors (Lipinski definition) is 7. The first-order valence-electron chi connectivity index (χ1n) is 9.22. The Morgan fingerprint density at radius 1 is 1.28 bits per heavy atom. The lowest BCUT2D eigenvalue weighted by Gasteiger charge is -2.20. The molecule has 0 aromatic carbocycles. The van der Waals surface area contributed by atoms with Gasteiger partial charge in [-0.2, -0.15) is 4.98 Å². The number of amides is 2. The summed E-state index contributed by atoms with van der Waals surface area (Å²) in [6.45, 7) is 7.48. The first-order chi connectivity index (χ1) is 13.8. The van der Waals surface area contributed by atoms with E-state index in [2.05, 4.69) is 20.1 Å². The van der Waals surface area contributed by atoms with Crippen LogP contribution in [0.25, 0.3) is 11.6 Å². The Bertz CT molecular complexity index is 1010. The van der Waals surface area contributed by atoms with Gasteiger partial charge in [-0.05, 0) is 32.9 Å². The summed E-state index contributed by atoms with van der Waals surface area (Å²) < 4.78 is 6.85. The van der Waals surface area contributed by atoms with E-state index in [1.165, 1.54) is 18.0 Å². The summed E-state index contributed by atoms with van der Waals surface area (Å²) in [5.41, 5.74) is 1.06. The summed E-state index contributed by atoms with van der Waals surface area (Å²) in [6, 6.07) is 3.54. The van der Waals surface area contributed by atoms with Crippen molar-refractivity contribution in [1.29, 1.82) is 0 Å². The first kappa shape index (κ1) is 20.2. The first-order valence-corrected chi connectivity index (χ1v) is 9.22. The van der Waals surface area contributed by atoms with Crippen LogP contribution in [0.5, 0.6) is 0 Å². The van der Waals surface area contributed by atoms with E-state index in [4.69, 9.17) is 4.52 Å². The van der Waals surface area contributed by atoms with E-state index < -0.39 is 0 Å². The topological polar surface area (TPSA) is 110 Å². The van der Waals surface area contributed by atoms with Gasteiger partial charge < -0.3 is 14.0 Å². The molecular formula is C19H23N7O3. The predicted octanol–water partition coefficient (Wildman–Crippen LogP) is 2.29. The zero-order valence-electron chi connectivity index (χ0n) is 17.0. The van der Waals surface area contributed by atoms with Crippen LogP contribution in [0.15, 0.2) is 35.2 Å². The van der Waals surface area contributed by atoms with E-state index in [1.807, 2.05) is 26.8 Å². The molecule has 2 amide bonds. The molecular weight excluding hydrogens is 374 g/mol. The minimum Gasteiger partial charge on any atom is -0.320 e. The molecule has 3 aromatic rings. The van der Waals surface area contributed by atoms with Gasteiger partial charge in [-0.15, -0.1) is 0 Å². The minimum atomic E-state index is -0.224. The van der Waals surface area contributed by atoms with Crippen molar-refractivity contribution in [3.8, 4) is 11.6 Å². The van der Waals surface area contributed by atoms with Gasteiger partial charge >= 0.3 is 6.01 Å². The smallest absolute Gasteiger partial charge is 0.320 e. The van der Waals surface area contributed by atoms with Crippen LogP contribution >= 0.6 is 0 Å². The highest BCUT2D eigenvalue weighted by molar-refractivity contribution is 6.05. The second-order valence-electron chi connectivity index (χ2n) is 6.67. The van der Waals surface area contributed by atoms with Crippen molar-refractivity contribution in [3.63, 3.8) is 0 Å². The predicted molar refractivity (Wildman–Crippen MR) is 106 cm³/mol. The largest absolute Gasteiger partial charge is 0.331 e. The van der Waals surface area contributed by atoms with E-state index >= 15 is 0 Å². The van der Waals surface area contributed by atoms with Crippen LogP contribution in [0.4, 0.5) is 11.7 Å². The summed E-state index contributed by atoms with van der Waals surface area (Å²) in [4.78, 5) is 40.6. The van der Waals surface area contributed by atoms with Gasteiger partial charge in [0.1, 0.15) is 5.69 Å². The van der Waals surface area contributed by atoms with Gasteiger partial charge in [0.25, 0.3) is 5.91 Å². The van der Waals surface area contributed by atoms with Crippen molar-refractivity contribution in [3.05, 3.63) is 36.4 Å². The quantitative estimate of drug-likeness (QED) is 0.627. The van der Waals surface area contributed by atoms with Crippen molar-refractivity contribution in [2.45, 2.75) is 33.7 Å². The van der Waals surface area contributed by atoms with Crippen molar-refractivity contribution >= 4 is 23.5 Å². The monoisotopic (exact) mass is 397 g/mol. The number of anilines is 2. The molecule has 0 unspecified atom stereocenters. The van der Waals surface area contributed by atoms with E-state index in [0.29, 0.717) is 23.8 Å². The highest BCUT2D eigenvalue weighted by atomic mass is 16.5. The van der Waals surface area contributed by atoms with Crippen molar-refractivity contribution in [1.82, 2.24) is 24.7 Å². The van der Waals surface area contributed by atoms with Crippen LogP contribution in [-0.4, -0.2) is 49.1 Å². The zero-order valence-corrected chi connectivity index (χ0v) is 17.0. The molecule has 0 N–H and O–H groups in total. The molecule has 0 radical (unpaired) electrons. The van der Waals surface area contributed by atoms with Crippen molar-refractivity contribution in [2.24, 2.45) is 7.05 Å². The maximum atomic E-state index is 13.1. The number of nitrogens with zero attached hydrogens (tertiary/aromatic N) is 7. The SMILES string of the molecule is CCN(C(=O)c1cnc(-c2noc(N(C(C)=O)C(C)C)n2)n1C)c1cccnc1. The third-order valence-corrected chi connectivity index (χ3v) is 4.40. The van der Waals surface area contributed by atoms with Crippen molar-refractivity contribution in [2.75, 3.05) is 16.3 Å². The summed E-state index contributed by atoms with van der Waals surface area (Å²) in [5, 5.41) is 3.93. The maximum absolute atomic E-state index is 13.1. The van der Waals surface area contributed by atoms with Crippen LogP contribution < -0.4 is 9.80 Å². The van der Waals surface area contributed by atoms with Gasteiger partial charge in [0.15, 0.2) is 5.82 Å². The molecule has 0 atom stereocenters. The lowest BCUT2D eigenvalue weighted by Crippen LogP contribution is -2.35. The molecule has 0 aliphatic carbocycles. The van der Waals surface area contributed by atoms with E-state index in [9.17, 15) is 9.59 Å². The highest BCUT2D eigenvalue weighted by Gasteiger charge is 2.26.